The molecule has 22 heavy (non-hydrogen) atoms. The number of carbonyl (C=O) groups is 1. The molecule has 2 rings (SSSR count). The average Bonchev–Trinajstić information content (AvgIpc) is 2.43. The molecule has 0 aliphatic heterocycles. The number of anilines is 1. The van der Waals surface area contributed by atoms with Gasteiger partial charge in [-0.15, -0.1) is 0 Å². The second kappa shape index (κ2) is 6.75. The summed E-state index contributed by atoms with van der Waals surface area (Å²) in [5, 5.41) is 2.61. The molecule has 4 nitrogen and oxygen atoms in total. The fraction of sp³-hybridized carbons (Fsp3) is 0.235. The third-order valence-corrected chi connectivity index (χ3v) is 4.78. The Morgan fingerprint density at radius 1 is 1.00 bits per heavy atom. The van der Waals surface area contributed by atoms with E-state index in [1.54, 1.807) is 24.3 Å². The van der Waals surface area contributed by atoms with E-state index < -0.39 is 21.5 Å². The summed E-state index contributed by atoms with van der Waals surface area (Å²) in [6, 6.07) is 14.5. The second-order valence-electron chi connectivity index (χ2n) is 5.37. The number of amides is 1. The van der Waals surface area contributed by atoms with Gasteiger partial charge in [0, 0.05) is 5.69 Å². The van der Waals surface area contributed by atoms with Gasteiger partial charge in [-0.3, -0.25) is 4.79 Å². The van der Waals surface area contributed by atoms with Crippen LogP contribution in [0.2, 0.25) is 0 Å². The molecule has 0 unspecified atom stereocenters. The van der Waals surface area contributed by atoms with Crippen LogP contribution in [0.3, 0.4) is 0 Å². The van der Waals surface area contributed by atoms with E-state index in [4.69, 9.17) is 0 Å². The number of hydrogen-bond acceptors (Lipinski definition) is 3. The Balaban J connectivity index is 2.01. The van der Waals surface area contributed by atoms with E-state index in [0.717, 1.165) is 16.7 Å². The molecular weight excluding hydrogens is 298 g/mol. The van der Waals surface area contributed by atoms with E-state index in [1.807, 2.05) is 38.1 Å². The van der Waals surface area contributed by atoms with E-state index in [9.17, 15) is 13.2 Å². The van der Waals surface area contributed by atoms with E-state index in [2.05, 4.69) is 5.32 Å². The maximum absolute atomic E-state index is 12.1. The van der Waals surface area contributed by atoms with Crippen LogP contribution in [-0.2, 0) is 20.4 Å². The first-order valence-corrected chi connectivity index (χ1v) is 8.79. The lowest BCUT2D eigenvalue weighted by molar-refractivity contribution is -0.113. The van der Waals surface area contributed by atoms with Crippen LogP contribution in [-0.4, -0.2) is 20.1 Å². The highest BCUT2D eigenvalue weighted by Crippen LogP contribution is 2.13. The molecule has 0 radical (unpaired) electrons. The average molecular weight is 317 g/mol. The van der Waals surface area contributed by atoms with Crippen molar-refractivity contribution in [3.63, 3.8) is 0 Å². The summed E-state index contributed by atoms with van der Waals surface area (Å²) in [5.41, 5.74) is 3.31. The van der Waals surface area contributed by atoms with Crippen molar-refractivity contribution >= 4 is 21.4 Å². The highest BCUT2D eigenvalue weighted by molar-refractivity contribution is 7.91. The Kier molecular flexibility index (Phi) is 4.98. The minimum absolute atomic E-state index is 0.124. The van der Waals surface area contributed by atoms with Crippen LogP contribution >= 0.6 is 0 Å². The predicted molar refractivity (Wildman–Crippen MR) is 88.5 cm³/mol. The molecule has 0 aliphatic rings. The third-order valence-electron chi connectivity index (χ3n) is 3.32. The predicted octanol–water partition coefficient (Wildman–Crippen LogP) is 2.86. The number of benzene rings is 2. The van der Waals surface area contributed by atoms with Crippen LogP contribution in [0.4, 0.5) is 5.69 Å². The maximum atomic E-state index is 12.1. The Hall–Kier alpha value is -2.14. The quantitative estimate of drug-likeness (QED) is 0.922. The highest BCUT2D eigenvalue weighted by atomic mass is 32.2. The SMILES string of the molecule is Cc1ccc(NC(=O)CS(=O)(=O)Cc2ccccc2C)cc1. The molecule has 2 aromatic carbocycles. The number of carbonyl (C=O) groups excluding carboxylic acids is 1. The Morgan fingerprint density at radius 3 is 2.27 bits per heavy atom. The molecule has 1 amide bonds. The summed E-state index contributed by atoms with van der Waals surface area (Å²) in [5.74, 6) is -1.16. The van der Waals surface area contributed by atoms with E-state index in [1.165, 1.54) is 0 Å². The van der Waals surface area contributed by atoms with Crippen molar-refractivity contribution < 1.29 is 13.2 Å². The molecule has 0 saturated heterocycles. The lowest BCUT2D eigenvalue weighted by Crippen LogP contribution is -2.24. The van der Waals surface area contributed by atoms with Crippen molar-refractivity contribution in [2.75, 3.05) is 11.1 Å². The lowest BCUT2D eigenvalue weighted by Gasteiger charge is -2.08. The van der Waals surface area contributed by atoms with Gasteiger partial charge in [0.25, 0.3) is 0 Å². The van der Waals surface area contributed by atoms with Crippen LogP contribution in [0.15, 0.2) is 48.5 Å². The molecule has 2 aromatic rings. The summed E-state index contributed by atoms with van der Waals surface area (Å²) in [6.07, 6.45) is 0. The van der Waals surface area contributed by atoms with Gasteiger partial charge in [0.1, 0.15) is 5.75 Å². The van der Waals surface area contributed by atoms with E-state index in [-0.39, 0.29) is 5.75 Å². The van der Waals surface area contributed by atoms with Crippen LogP contribution < -0.4 is 5.32 Å². The van der Waals surface area contributed by atoms with Gasteiger partial charge in [0.05, 0.1) is 5.75 Å². The smallest absolute Gasteiger partial charge is 0.239 e. The molecule has 116 valence electrons. The molecule has 1 N–H and O–H groups in total. The summed E-state index contributed by atoms with van der Waals surface area (Å²) in [4.78, 5) is 11.9. The first-order valence-electron chi connectivity index (χ1n) is 6.97. The monoisotopic (exact) mass is 317 g/mol. The summed E-state index contributed by atoms with van der Waals surface area (Å²) in [7, 11) is -3.50. The number of aryl methyl sites for hydroxylation is 2. The number of nitrogens with one attached hydrogen (secondary N) is 1. The van der Waals surface area contributed by atoms with Gasteiger partial charge in [-0.2, -0.15) is 0 Å². The molecule has 5 heteroatoms. The molecule has 0 heterocycles. The van der Waals surface area contributed by atoms with Crippen molar-refractivity contribution in [2.24, 2.45) is 0 Å². The largest absolute Gasteiger partial charge is 0.325 e. The molecule has 0 aromatic heterocycles. The topological polar surface area (TPSA) is 63.2 Å². The highest BCUT2D eigenvalue weighted by Gasteiger charge is 2.18. The molecule has 0 atom stereocenters. The minimum atomic E-state index is -3.50. The van der Waals surface area contributed by atoms with Crippen LogP contribution in [0.5, 0.6) is 0 Å². The van der Waals surface area contributed by atoms with E-state index in [0.29, 0.717) is 5.69 Å². The molecule has 0 saturated carbocycles. The minimum Gasteiger partial charge on any atom is -0.325 e. The third kappa shape index (κ3) is 4.70. The zero-order valence-corrected chi connectivity index (χ0v) is 13.5. The Bertz CT molecular complexity index is 765. The summed E-state index contributed by atoms with van der Waals surface area (Å²) in [6.45, 7) is 3.80. The van der Waals surface area contributed by atoms with Crippen molar-refractivity contribution in [3.8, 4) is 0 Å². The molecule has 0 aliphatic carbocycles. The van der Waals surface area contributed by atoms with E-state index >= 15 is 0 Å². The van der Waals surface area contributed by atoms with Gasteiger partial charge in [-0.05, 0) is 37.1 Å². The van der Waals surface area contributed by atoms with Gasteiger partial charge >= 0.3 is 0 Å². The fourth-order valence-electron chi connectivity index (χ4n) is 2.09. The van der Waals surface area contributed by atoms with Crippen molar-refractivity contribution in [1.29, 1.82) is 0 Å². The van der Waals surface area contributed by atoms with Gasteiger partial charge in [-0.25, -0.2) is 8.42 Å². The second-order valence-corrected chi connectivity index (χ2v) is 7.44. The fourth-order valence-corrected chi connectivity index (χ4v) is 3.47. The van der Waals surface area contributed by atoms with Crippen LogP contribution in [0.1, 0.15) is 16.7 Å². The van der Waals surface area contributed by atoms with Crippen LogP contribution in [0.25, 0.3) is 0 Å². The first-order chi connectivity index (χ1) is 10.4. The first kappa shape index (κ1) is 16.2. The molecular formula is C17H19NO3S. The van der Waals surface area contributed by atoms with Gasteiger partial charge in [-0.1, -0.05) is 42.0 Å². The van der Waals surface area contributed by atoms with Crippen LogP contribution in [0, 0.1) is 13.8 Å². The normalized spacial score (nSPS) is 11.2. The van der Waals surface area contributed by atoms with Gasteiger partial charge < -0.3 is 5.32 Å². The molecule has 0 fully saturated rings. The number of sulfone groups is 1. The Labute approximate surface area is 131 Å². The van der Waals surface area contributed by atoms with Gasteiger partial charge in [0.2, 0.25) is 5.91 Å². The lowest BCUT2D eigenvalue weighted by atomic mass is 10.1. The number of hydrogen-bond donors (Lipinski definition) is 1. The molecule has 0 bridgehead atoms. The van der Waals surface area contributed by atoms with Crippen molar-refractivity contribution in [2.45, 2.75) is 19.6 Å². The number of rotatable bonds is 5. The van der Waals surface area contributed by atoms with Gasteiger partial charge in [0.15, 0.2) is 9.84 Å². The van der Waals surface area contributed by atoms with Crippen molar-refractivity contribution in [1.82, 2.24) is 0 Å². The molecule has 0 spiro atoms. The zero-order chi connectivity index (χ0) is 16.2. The standard InChI is InChI=1S/C17H19NO3S/c1-13-7-9-16(10-8-13)18-17(19)12-22(20,21)11-15-6-4-3-5-14(15)2/h3-10H,11-12H2,1-2H3,(H,18,19). The Morgan fingerprint density at radius 2 is 1.64 bits per heavy atom. The summed E-state index contributed by atoms with van der Waals surface area (Å²) < 4.78 is 24.3. The summed E-state index contributed by atoms with van der Waals surface area (Å²) >= 11 is 0. The zero-order valence-electron chi connectivity index (χ0n) is 12.7. The van der Waals surface area contributed by atoms with Crippen molar-refractivity contribution in [3.05, 3.63) is 65.2 Å². The maximum Gasteiger partial charge on any atom is 0.239 e.